The van der Waals surface area contributed by atoms with Crippen molar-refractivity contribution in [2.45, 2.75) is 6.92 Å². The summed E-state index contributed by atoms with van der Waals surface area (Å²) in [5.41, 5.74) is 3.30. The Kier molecular flexibility index (Phi) is 3.80. The van der Waals surface area contributed by atoms with E-state index in [4.69, 9.17) is 4.74 Å². The van der Waals surface area contributed by atoms with Gasteiger partial charge in [0.15, 0.2) is 0 Å². The molecule has 0 atom stereocenters. The highest BCUT2D eigenvalue weighted by molar-refractivity contribution is 5.88. The lowest BCUT2D eigenvalue weighted by atomic mass is 10.0. The van der Waals surface area contributed by atoms with Gasteiger partial charge in [-0.2, -0.15) is 0 Å². The van der Waals surface area contributed by atoms with Crippen LogP contribution in [0.1, 0.15) is 16.1 Å². The van der Waals surface area contributed by atoms with Gasteiger partial charge in [-0.15, -0.1) is 0 Å². The van der Waals surface area contributed by atoms with E-state index in [9.17, 15) is 4.79 Å². The predicted octanol–water partition coefficient (Wildman–Crippen LogP) is 2.85. The second kappa shape index (κ2) is 5.52. The zero-order chi connectivity index (χ0) is 13.8. The summed E-state index contributed by atoms with van der Waals surface area (Å²) < 4.78 is 9.77. The van der Waals surface area contributed by atoms with Crippen molar-refractivity contribution in [3.63, 3.8) is 0 Å². The van der Waals surface area contributed by atoms with Crippen LogP contribution >= 0.6 is 0 Å². The highest BCUT2D eigenvalue weighted by Crippen LogP contribution is 2.25. The van der Waals surface area contributed by atoms with Crippen molar-refractivity contribution in [2.24, 2.45) is 0 Å². The van der Waals surface area contributed by atoms with E-state index in [0.29, 0.717) is 5.69 Å². The van der Waals surface area contributed by atoms with Crippen LogP contribution in [0, 0.1) is 6.92 Å². The topological polar surface area (TPSA) is 48.4 Å². The van der Waals surface area contributed by atoms with Crippen LogP contribution in [0.5, 0.6) is 5.75 Å². The Labute approximate surface area is 112 Å². The lowest BCUT2D eigenvalue weighted by molar-refractivity contribution is 0.0594. The first-order chi connectivity index (χ1) is 9.15. The smallest absolute Gasteiger partial charge is 0.356 e. The van der Waals surface area contributed by atoms with Gasteiger partial charge < -0.3 is 9.47 Å². The highest BCUT2D eigenvalue weighted by Gasteiger charge is 2.10. The predicted molar refractivity (Wildman–Crippen MR) is 72.3 cm³/mol. The largest absolute Gasteiger partial charge is 0.497 e. The maximum Gasteiger partial charge on any atom is 0.356 e. The monoisotopic (exact) mass is 257 g/mol. The second-order valence-corrected chi connectivity index (χ2v) is 4.10. The third-order valence-electron chi connectivity index (χ3n) is 2.91. The maximum absolute atomic E-state index is 11.4. The summed E-state index contributed by atoms with van der Waals surface area (Å²) in [6.45, 7) is 1.94. The fraction of sp³-hybridized carbons (Fsp3) is 0.200. The van der Waals surface area contributed by atoms with Gasteiger partial charge in [0.2, 0.25) is 0 Å². The van der Waals surface area contributed by atoms with Crippen molar-refractivity contribution in [2.75, 3.05) is 14.2 Å². The van der Waals surface area contributed by atoms with Gasteiger partial charge in [0.1, 0.15) is 11.4 Å². The molecular weight excluding hydrogens is 242 g/mol. The minimum atomic E-state index is -0.426. The molecule has 4 nitrogen and oxygen atoms in total. The van der Waals surface area contributed by atoms with Gasteiger partial charge in [-0.05, 0) is 36.2 Å². The molecule has 0 saturated heterocycles. The first-order valence-corrected chi connectivity index (χ1v) is 5.85. The standard InChI is InChI=1S/C15H15NO3/c1-10-8-14(15(17)19-3)16-9-13(10)11-4-6-12(18-2)7-5-11/h4-9H,1-3H3. The maximum atomic E-state index is 11.4. The van der Waals surface area contributed by atoms with Crippen molar-refractivity contribution < 1.29 is 14.3 Å². The number of hydrogen-bond donors (Lipinski definition) is 0. The number of ether oxygens (including phenoxy) is 2. The van der Waals surface area contributed by atoms with Gasteiger partial charge in [0.25, 0.3) is 0 Å². The van der Waals surface area contributed by atoms with Crippen LogP contribution in [-0.2, 0) is 4.74 Å². The van der Waals surface area contributed by atoms with Crippen molar-refractivity contribution in [3.05, 3.63) is 47.8 Å². The normalized spacial score (nSPS) is 10.1. The molecule has 1 aromatic carbocycles. The van der Waals surface area contributed by atoms with Crippen molar-refractivity contribution in [3.8, 4) is 16.9 Å². The van der Waals surface area contributed by atoms with Gasteiger partial charge in [-0.3, -0.25) is 0 Å². The van der Waals surface area contributed by atoms with Crippen molar-refractivity contribution in [1.82, 2.24) is 4.98 Å². The molecule has 0 aliphatic heterocycles. The number of pyridine rings is 1. The molecule has 1 aromatic heterocycles. The molecule has 2 rings (SSSR count). The molecular formula is C15H15NO3. The van der Waals surface area contributed by atoms with E-state index in [2.05, 4.69) is 9.72 Å². The van der Waals surface area contributed by atoms with E-state index in [0.717, 1.165) is 22.4 Å². The molecule has 0 unspecified atom stereocenters. The molecule has 19 heavy (non-hydrogen) atoms. The van der Waals surface area contributed by atoms with Crippen LogP contribution in [0.2, 0.25) is 0 Å². The molecule has 0 bridgehead atoms. The summed E-state index contributed by atoms with van der Waals surface area (Å²) >= 11 is 0. The number of esters is 1. The summed E-state index contributed by atoms with van der Waals surface area (Å²) in [4.78, 5) is 15.5. The summed E-state index contributed by atoms with van der Waals surface area (Å²) in [7, 11) is 2.98. The molecule has 1 heterocycles. The first kappa shape index (κ1) is 13.1. The number of hydrogen-bond acceptors (Lipinski definition) is 4. The highest BCUT2D eigenvalue weighted by atomic mass is 16.5. The van der Waals surface area contributed by atoms with Gasteiger partial charge in [0, 0.05) is 11.8 Å². The molecule has 0 spiro atoms. The summed E-state index contributed by atoms with van der Waals surface area (Å²) in [6, 6.07) is 9.43. The number of aromatic nitrogens is 1. The van der Waals surface area contributed by atoms with Crippen LogP contribution in [0.3, 0.4) is 0 Å². The fourth-order valence-corrected chi connectivity index (χ4v) is 1.84. The van der Waals surface area contributed by atoms with E-state index in [1.807, 2.05) is 31.2 Å². The Bertz CT molecular complexity index is 591. The zero-order valence-electron chi connectivity index (χ0n) is 11.1. The lowest BCUT2D eigenvalue weighted by Gasteiger charge is -2.08. The van der Waals surface area contributed by atoms with Crippen LogP contribution in [-0.4, -0.2) is 25.2 Å². The van der Waals surface area contributed by atoms with E-state index in [1.165, 1.54) is 7.11 Å². The molecule has 0 radical (unpaired) electrons. The second-order valence-electron chi connectivity index (χ2n) is 4.10. The lowest BCUT2D eigenvalue weighted by Crippen LogP contribution is -2.04. The van der Waals surface area contributed by atoms with E-state index >= 15 is 0 Å². The van der Waals surface area contributed by atoms with Gasteiger partial charge in [-0.1, -0.05) is 12.1 Å². The molecule has 2 aromatic rings. The minimum Gasteiger partial charge on any atom is -0.497 e. The van der Waals surface area contributed by atoms with Gasteiger partial charge in [0.05, 0.1) is 14.2 Å². The Morgan fingerprint density at radius 1 is 1.16 bits per heavy atom. The van der Waals surface area contributed by atoms with E-state index in [-0.39, 0.29) is 0 Å². The van der Waals surface area contributed by atoms with Gasteiger partial charge >= 0.3 is 5.97 Å². The number of carbonyl (C=O) groups is 1. The van der Waals surface area contributed by atoms with Crippen molar-refractivity contribution >= 4 is 5.97 Å². The molecule has 0 saturated carbocycles. The van der Waals surface area contributed by atoms with E-state index in [1.54, 1.807) is 19.4 Å². The molecule has 4 heteroatoms. The van der Waals surface area contributed by atoms with Crippen molar-refractivity contribution in [1.29, 1.82) is 0 Å². The molecule has 0 N–H and O–H groups in total. The minimum absolute atomic E-state index is 0.317. The molecule has 0 amide bonds. The zero-order valence-corrected chi connectivity index (χ0v) is 11.1. The Hall–Kier alpha value is -2.36. The average Bonchev–Trinajstić information content (AvgIpc) is 2.46. The molecule has 0 fully saturated rings. The summed E-state index contributed by atoms with van der Waals surface area (Å²) in [5, 5.41) is 0. The number of carbonyl (C=O) groups excluding carboxylic acids is 1. The van der Waals surface area contributed by atoms with E-state index < -0.39 is 5.97 Å². The van der Waals surface area contributed by atoms with Gasteiger partial charge in [-0.25, -0.2) is 9.78 Å². The third-order valence-corrected chi connectivity index (χ3v) is 2.91. The third kappa shape index (κ3) is 2.73. The number of methoxy groups -OCH3 is 2. The molecule has 0 aliphatic carbocycles. The summed E-state index contributed by atoms with van der Waals surface area (Å²) in [6.07, 6.45) is 1.68. The first-order valence-electron chi connectivity index (χ1n) is 5.85. The number of nitrogens with zero attached hydrogens (tertiary/aromatic N) is 1. The summed E-state index contributed by atoms with van der Waals surface area (Å²) in [5.74, 6) is 0.380. The molecule has 0 aliphatic rings. The van der Waals surface area contributed by atoms with Crippen LogP contribution in [0.25, 0.3) is 11.1 Å². The number of aryl methyl sites for hydroxylation is 1. The SMILES string of the molecule is COC(=O)c1cc(C)c(-c2ccc(OC)cc2)cn1. The quantitative estimate of drug-likeness (QED) is 0.793. The Balaban J connectivity index is 2.37. The Morgan fingerprint density at radius 2 is 1.84 bits per heavy atom. The number of benzene rings is 1. The van der Waals surface area contributed by atoms with Crippen LogP contribution < -0.4 is 4.74 Å². The number of rotatable bonds is 3. The van der Waals surface area contributed by atoms with Crippen LogP contribution in [0.15, 0.2) is 36.5 Å². The Morgan fingerprint density at radius 3 is 2.37 bits per heavy atom. The molecule has 98 valence electrons. The average molecular weight is 257 g/mol. The van der Waals surface area contributed by atoms with Crippen LogP contribution in [0.4, 0.5) is 0 Å². The fourth-order valence-electron chi connectivity index (χ4n) is 1.84.